The van der Waals surface area contributed by atoms with E-state index in [9.17, 15) is 0 Å². The van der Waals surface area contributed by atoms with E-state index >= 15 is 0 Å². The molecule has 1 heterocycles. The Bertz CT molecular complexity index is 2670. The number of nitrogens with zero attached hydrogens (tertiary/aromatic N) is 1. The van der Waals surface area contributed by atoms with Crippen LogP contribution in [0, 0.1) is 0 Å². The number of hydrogen-bond acceptors (Lipinski definition) is 2. The van der Waals surface area contributed by atoms with Gasteiger partial charge < -0.3 is 9.64 Å². The van der Waals surface area contributed by atoms with Crippen molar-refractivity contribution >= 4 is 27.8 Å². The van der Waals surface area contributed by atoms with Gasteiger partial charge in [-0.3, -0.25) is 0 Å². The first-order valence-corrected chi connectivity index (χ1v) is 18.4. The van der Waals surface area contributed by atoms with Crippen LogP contribution >= 0.6 is 0 Å². The van der Waals surface area contributed by atoms with E-state index < -0.39 is 0 Å². The Morgan fingerprint density at radius 1 is 0.296 bits per heavy atom. The number of hydrogen-bond donors (Lipinski definition) is 0. The van der Waals surface area contributed by atoms with Crippen LogP contribution in [0.5, 0.6) is 11.5 Å². The van der Waals surface area contributed by atoms with Crippen LogP contribution in [-0.4, -0.2) is 0 Å². The summed E-state index contributed by atoms with van der Waals surface area (Å²) in [6.07, 6.45) is 0. The average Bonchev–Trinajstić information content (AvgIpc) is 3.39. The van der Waals surface area contributed by atoms with E-state index in [4.69, 9.17) is 4.74 Å². The zero-order valence-corrected chi connectivity index (χ0v) is 29.6. The zero-order valence-electron chi connectivity index (χ0n) is 29.6. The van der Waals surface area contributed by atoms with Crippen LogP contribution in [0.3, 0.4) is 0 Å². The van der Waals surface area contributed by atoms with Crippen molar-refractivity contribution in [3.63, 3.8) is 0 Å². The Kier molecular flexibility index (Phi) is 7.85. The molecule has 0 fully saturated rings. The van der Waals surface area contributed by atoms with Gasteiger partial charge in [0, 0.05) is 22.5 Å². The summed E-state index contributed by atoms with van der Waals surface area (Å²) in [5, 5.41) is 2.37. The van der Waals surface area contributed by atoms with Crippen LogP contribution in [0.15, 0.2) is 212 Å². The van der Waals surface area contributed by atoms with Crippen LogP contribution < -0.4 is 9.64 Å². The third-order valence-corrected chi connectivity index (χ3v) is 10.5. The summed E-state index contributed by atoms with van der Waals surface area (Å²) < 4.78 is 7.06. The summed E-state index contributed by atoms with van der Waals surface area (Å²) in [5.41, 5.74) is 14.6. The largest absolute Gasteiger partial charge is 0.456 e. The standard InChI is InChI=1S/C52H35NO/c1-4-14-36(15-5-1)38-26-30-43(31-27-38)53(44-32-28-39(29-33-44)37-16-6-2-7-17-37)48-23-13-25-50-52(48)47-35-42-21-11-10-20-41(42)34-46(47)51-45(22-12-24-49(51)54-50)40-18-8-3-9-19-40/h1-35H. The van der Waals surface area contributed by atoms with E-state index in [1.165, 1.54) is 33.0 Å². The fraction of sp³-hybridized carbons (Fsp3) is 0. The molecule has 0 aliphatic carbocycles. The van der Waals surface area contributed by atoms with Gasteiger partial charge >= 0.3 is 0 Å². The Morgan fingerprint density at radius 3 is 1.26 bits per heavy atom. The number of benzene rings is 9. The van der Waals surface area contributed by atoms with Gasteiger partial charge in [0.05, 0.1) is 5.69 Å². The van der Waals surface area contributed by atoms with Gasteiger partial charge in [0.15, 0.2) is 0 Å². The maximum atomic E-state index is 7.06. The van der Waals surface area contributed by atoms with E-state index in [0.29, 0.717) is 0 Å². The lowest BCUT2D eigenvalue weighted by molar-refractivity contribution is 0.488. The van der Waals surface area contributed by atoms with E-state index in [-0.39, 0.29) is 0 Å². The van der Waals surface area contributed by atoms with Crippen molar-refractivity contribution in [2.75, 3.05) is 4.90 Å². The lowest BCUT2D eigenvalue weighted by Gasteiger charge is -2.29. The van der Waals surface area contributed by atoms with Gasteiger partial charge in [0.2, 0.25) is 0 Å². The topological polar surface area (TPSA) is 12.5 Å². The Labute approximate surface area is 315 Å². The van der Waals surface area contributed by atoms with E-state index in [0.717, 1.165) is 61.9 Å². The van der Waals surface area contributed by atoms with Gasteiger partial charge in [0.1, 0.15) is 11.5 Å². The first kappa shape index (κ1) is 31.6. The lowest BCUT2D eigenvalue weighted by atomic mass is 9.87. The number of fused-ring (bicyclic) bond motifs is 6. The molecular weight excluding hydrogens is 655 g/mol. The normalized spacial score (nSPS) is 11.5. The van der Waals surface area contributed by atoms with Crippen molar-refractivity contribution in [3.8, 4) is 67.1 Å². The molecule has 254 valence electrons. The van der Waals surface area contributed by atoms with Crippen LogP contribution in [0.2, 0.25) is 0 Å². The minimum Gasteiger partial charge on any atom is -0.456 e. The molecule has 9 aromatic carbocycles. The minimum absolute atomic E-state index is 0.819. The molecular formula is C52H35NO. The monoisotopic (exact) mass is 689 g/mol. The van der Waals surface area contributed by atoms with Gasteiger partial charge in [0.25, 0.3) is 0 Å². The predicted octanol–water partition coefficient (Wildman–Crippen LogP) is 14.8. The molecule has 2 nitrogen and oxygen atoms in total. The van der Waals surface area contributed by atoms with Crippen LogP contribution in [0.25, 0.3) is 66.4 Å². The van der Waals surface area contributed by atoms with Crippen LogP contribution in [-0.2, 0) is 0 Å². The summed E-state index contributed by atoms with van der Waals surface area (Å²) in [6.45, 7) is 0. The van der Waals surface area contributed by atoms with Crippen molar-refractivity contribution in [2.24, 2.45) is 0 Å². The van der Waals surface area contributed by atoms with E-state index in [2.05, 4.69) is 217 Å². The molecule has 54 heavy (non-hydrogen) atoms. The number of rotatable bonds is 6. The number of anilines is 3. The molecule has 1 aliphatic heterocycles. The van der Waals surface area contributed by atoms with Crippen LogP contribution in [0.1, 0.15) is 0 Å². The molecule has 2 heteroatoms. The SMILES string of the molecule is c1ccc(-c2ccc(N(c3ccc(-c4ccccc4)cc3)c3cccc4c3-c3cc5ccccc5cc3-c3c(cccc3-c3ccccc3)O4)cc2)cc1. The molecule has 10 rings (SSSR count). The molecule has 0 saturated heterocycles. The quantitative estimate of drug-likeness (QED) is 0.172. The lowest BCUT2D eigenvalue weighted by Crippen LogP contribution is -2.11. The molecule has 1 aliphatic rings. The van der Waals surface area contributed by atoms with Crippen LogP contribution in [0.4, 0.5) is 17.1 Å². The zero-order chi connectivity index (χ0) is 35.8. The van der Waals surface area contributed by atoms with E-state index in [1.807, 2.05) is 0 Å². The predicted molar refractivity (Wildman–Crippen MR) is 226 cm³/mol. The van der Waals surface area contributed by atoms with E-state index in [1.54, 1.807) is 0 Å². The third kappa shape index (κ3) is 5.62. The Morgan fingerprint density at radius 2 is 0.722 bits per heavy atom. The first-order valence-electron chi connectivity index (χ1n) is 18.4. The van der Waals surface area contributed by atoms with Crippen molar-refractivity contribution in [1.82, 2.24) is 0 Å². The van der Waals surface area contributed by atoms with Crippen molar-refractivity contribution in [2.45, 2.75) is 0 Å². The molecule has 0 unspecified atom stereocenters. The molecule has 0 aromatic heterocycles. The highest BCUT2D eigenvalue weighted by Crippen LogP contribution is 2.55. The van der Waals surface area contributed by atoms with Gasteiger partial charge in [-0.25, -0.2) is 0 Å². The molecule has 0 spiro atoms. The fourth-order valence-corrected chi connectivity index (χ4v) is 7.88. The van der Waals surface area contributed by atoms with Crippen molar-refractivity contribution in [3.05, 3.63) is 212 Å². The molecule has 0 atom stereocenters. The Hall–Kier alpha value is -7.16. The molecule has 0 bridgehead atoms. The minimum atomic E-state index is 0.819. The summed E-state index contributed by atoms with van der Waals surface area (Å²) in [4.78, 5) is 2.37. The second-order valence-corrected chi connectivity index (χ2v) is 13.7. The van der Waals surface area contributed by atoms with Crippen molar-refractivity contribution in [1.29, 1.82) is 0 Å². The second kappa shape index (κ2) is 13.4. The second-order valence-electron chi connectivity index (χ2n) is 13.7. The molecule has 0 N–H and O–H groups in total. The summed E-state index contributed by atoms with van der Waals surface area (Å²) in [6, 6.07) is 75.7. The highest BCUT2D eigenvalue weighted by Gasteiger charge is 2.29. The highest BCUT2D eigenvalue weighted by atomic mass is 16.5. The third-order valence-electron chi connectivity index (χ3n) is 10.5. The van der Waals surface area contributed by atoms with Gasteiger partial charge in [-0.1, -0.05) is 158 Å². The maximum absolute atomic E-state index is 7.06. The average molecular weight is 690 g/mol. The first-order chi connectivity index (χ1) is 26.8. The van der Waals surface area contributed by atoms with Gasteiger partial charge in [-0.05, 0) is 110 Å². The van der Waals surface area contributed by atoms with Gasteiger partial charge in [-0.2, -0.15) is 0 Å². The molecule has 0 amide bonds. The molecule has 0 saturated carbocycles. The Balaban J connectivity index is 1.22. The number of ether oxygens (including phenoxy) is 1. The molecule has 0 radical (unpaired) electrons. The summed E-state index contributed by atoms with van der Waals surface area (Å²) in [5.74, 6) is 1.66. The maximum Gasteiger partial charge on any atom is 0.137 e. The highest BCUT2D eigenvalue weighted by molar-refractivity contribution is 6.06. The smallest absolute Gasteiger partial charge is 0.137 e. The fourth-order valence-electron chi connectivity index (χ4n) is 7.88. The summed E-state index contributed by atoms with van der Waals surface area (Å²) >= 11 is 0. The van der Waals surface area contributed by atoms with Gasteiger partial charge in [-0.15, -0.1) is 0 Å². The van der Waals surface area contributed by atoms with Crippen molar-refractivity contribution < 1.29 is 4.74 Å². The molecule has 9 aromatic rings. The summed E-state index contributed by atoms with van der Waals surface area (Å²) in [7, 11) is 0.